The predicted molar refractivity (Wildman–Crippen MR) is 122 cm³/mol. The number of nitrogens with zero attached hydrogens (tertiary/aromatic N) is 4. The van der Waals surface area contributed by atoms with Crippen LogP contribution in [-0.2, 0) is 6.42 Å². The molecule has 7 nitrogen and oxygen atoms in total. The highest BCUT2D eigenvalue weighted by molar-refractivity contribution is 5.68. The summed E-state index contributed by atoms with van der Waals surface area (Å²) >= 11 is 0. The third kappa shape index (κ3) is 3.97. The van der Waals surface area contributed by atoms with Crippen molar-refractivity contribution in [2.24, 2.45) is 0 Å². The molecule has 0 unspecified atom stereocenters. The van der Waals surface area contributed by atoms with Crippen molar-refractivity contribution in [3.8, 4) is 29.0 Å². The number of anilines is 2. The van der Waals surface area contributed by atoms with E-state index in [2.05, 4.69) is 25.5 Å². The second-order valence-corrected chi connectivity index (χ2v) is 7.83. The standard InChI is InChI=1S/C25H18F2N6O/c1-14-7-8-16-17(9-14)23(27)21(10-19(16)26)34-25-18(12-28)24(29-13-30-25)31-22-11-20(32-33-22)15-5-3-2-4-6-15/h2-6,9-11,13H,7-8H2,1H3,(H2,29,30,31,32,33). The van der Waals surface area contributed by atoms with Crippen LogP contribution >= 0.6 is 0 Å². The third-order valence-electron chi connectivity index (χ3n) is 5.52. The maximum absolute atomic E-state index is 15.1. The molecule has 0 radical (unpaired) electrons. The molecule has 0 bridgehead atoms. The van der Waals surface area contributed by atoms with E-state index in [4.69, 9.17) is 4.74 Å². The van der Waals surface area contributed by atoms with E-state index in [0.717, 1.165) is 22.9 Å². The molecule has 0 fully saturated rings. The number of rotatable bonds is 5. The Morgan fingerprint density at radius 2 is 1.94 bits per heavy atom. The van der Waals surface area contributed by atoms with Crippen LogP contribution in [0.1, 0.15) is 30.0 Å². The van der Waals surface area contributed by atoms with Gasteiger partial charge in [-0.05, 0) is 30.9 Å². The van der Waals surface area contributed by atoms with Gasteiger partial charge < -0.3 is 10.1 Å². The monoisotopic (exact) mass is 456 g/mol. The first-order valence-corrected chi connectivity index (χ1v) is 10.5. The zero-order valence-electron chi connectivity index (χ0n) is 18.1. The number of nitrogens with one attached hydrogen (secondary N) is 2. The van der Waals surface area contributed by atoms with Crippen LogP contribution in [0.3, 0.4) is 0 Å². The maximum Gasteiger partial charge on any atom is 0.242 e. The summed E-state index contributed by atoms with van der Waals surface area (Å²) < 4.78 is 35.4. The molecule has 0 spiro atoms. The molecule has 34 heavy (non-hydrogen) atoms. The summed E-state index contributed by atoms with van der Waals surface area (Å²) in [6, 6.07) is 14.3. The lowest BCUT2D eigenvalue weighted by molar-refractivity contribution is 0.418. The minimum absolute atomic E-state index is 0.0731. The quantitative estimate of drug-likeness (QED) is 0.388. The SMILES string of the molecule is CC1=Cc2c(F)c(Oc3ncnc(Nc4cc(-c5ccccc5)[nH]n4)c3C#N)cc(F)c2CC1. The highest BCUT2D eigenvalue weighted by atomic mass is 19.1. The lowest BCUT2D eigenvalue weighted by atomic mass is 9.92. The predicted octanol–water partition coefficient (Wildman–Crippen LogP) is 5.90. The third-order valence-corrected chi connectivity index (χ3v) is 5.52. The lowest BCUT2D eigenvalue weighted by Crippen LogP contribution is -2.07. The Balaban J connectivity index is 1.46. The van der Waals surface area contributed by atoms with Gasteiger partial charge in [0.1, 0.15) is 18.2 Å². The number of fused-ring (bicyclic) bond motifs is 1. The number of aromatic amines is 1. The molecule has 2 heterocycles. The summed E-state index contributed by atoms with van der Waals surface area (Å²) in [4.78, 5) is 8.06. The van der Waals surface area contributed by atoms with Gasteiger partial charge in [0.05, 0.1) is 5.69 Å². The number of ether oxygens (including phenoxy) is 1. The lowest BCUT2D eigenvalue weighted by Gasteiger charge is -2.18. The van der Waals surface area contributed by atoms with Gasteiger partial charge in [0.25, 0.3) is 0 Å². The van der Waals surface area contributed by atoms with Gasteiger partial charge >= 0.3 is 0 Å². The van der Waals surface area contributed by atoms with Crippen LogP contribution in [0.15, 0.2) is 54.4 Å². The van der Waals surface area contributed by atoms with E-state index in [1.54, 1.807) is 12.1 Å². The molecule has 0 saturated carbocycles. The molecule has 5 rings (SSSR count). The second kappa shape index (κ2) is 8.75. The number of nitriles is 1. The van der Waals surface area contributed by atoms with E-state index in [9.17, 15) is 9.65 Å². The van der Waals surface area contributed by atoms with Gasteiger partial charge in [-0.15, -0.1) is 0 Å². The van der Waals surface area contributed by atoms with E-state index in [0.29, 0.717) is 24.2 Å². The normalized spacial score (nSPS) is 12.5. The van der Waals surface area contributed by atoms with Crippen molar-refractivity contribution in [1.82, 2.24) is 20.2 Å². The van der Waals surface area contributed by atoms with Crippen LogP contribution in [0.4, 0.5) is 20.4 Å². The van der Waals surface area contributed by atoms with Gasteiger partial charge in [-0.1, -0.05) is 42.0 Å². The Hall–Kier alpha value is -4.58. The van der Waals surface area contributed by atoms with Gasteiger partial charge in [-0.3, -0.25) is 5.10 Å². The number of benzene rings is 2. The van der Waals surface area contributed by atoms with Crippen LogP contribution in [0.25, 0.3) is 17.3 Å². The van der Waals surface area contributed by atoms with E-state index < -0.39 is 11.6 Å². The molecule has 1 aliphatic carbocycles. The molecule has 2 aromatic carbocycles. The van der Waals surface area contributed by atoms with E-state index in [1.165, 1.54) is 6.33 Å². The fraction of sp³-hybridized carbons (Fsp3) is 0.120. The first-order chi connectivity index (χ1) is 16.5. The molecule has 2 N–H and O–H groups in total. The van der Waals surface area contributed by atoms with Gasteiger partial charge in [-0.2, -0.15) is 10.4 Å². The molecular weight excluding hydrogens is 438 g/mol. The average Bonchev–Trinajstić information content (AvgIpc) is 3.31. The molecular formula is C25H18F2N6O. The van der Waals surface area contributed by atoms with Crippen molar-refractivity contribution in [2.45, 2.75) is 19.8 Å². The fourth-order valence-corrected chi connectivity index (χ4v) is 3.80. The topological polar surface area (TPSA) is 99.5 Å². The Labute approximate surface area is 193 Å². The molecule has 0 saturated heterocycles. The number of aromatic nitrogens is 4. The summed E-state index contributed by atoms with van der Waals surface area (Å²) in [6.45, 7) is 1.86. The fourth-order valence-electron chi connectivity index (χ4n) is 3.80. The van der Waals surface area contributed by atoms with Crippen LogP contribution in [-0.4, -0.2) is 20.2 Å². The number of H-pyrrole nitrogens is 1. The highest BCUT2D eigenvalue weighted by Crippen LogP contribution is 2.36. The molecule has 0 atom stereocenters. The Bertz CT molecular complexity index is 1460. The molecule has 0 amide bonds. The van der Waals surface area contributed by atoms with Crippen molar-refractivity contribution in [3.63, 3.8) is 0 Å². The molecule has 4 aromatic rings. The van der Waals surface area contributed by atoms with Gasteiger partial charge in [0, 0.05) is 17.7 Å². The molecule has 0 aliphatic heterocycles. The summed E-state index contributed by atoms with van der Waals surface area (Å²) in [5.74, 6) is -1.29. The van der Waals surface area contributed by atoms with E-state index in [1.807, 2.05) is 43.3 Å². The molecule has 9 heteroatoms. The number of hydrogen-bond acceptors (Lipinski definition) is 6. The van der Waals surface area contributed by atoms with Crippen molar-refractivity contribution < 1.29 is 13.5 Å². The number of halogens is 2. The van der Waals surface area contributed by atoms with Crippen LogP contribution in [0.2, 0.25) is 0 Å². The highest BCUT2D eigenvalue weighted by Gasteiger charge is 2.23. The first-order valence-electron chi connectivity index (χ1n) is 10.5. The Morgan fingerprint density at radius 3 is 2.74 bits per heavy atom. The molecule has 168 valence electrons. The summed E-state index contributed by atoms with van der Waals surface area (Å²) in [6.07, 6.45) is 3.87. The Morgan fingerprint density at radius 1 is 1.12 bits per heavy atom. The van der Waals surface area contributed by atoms with Crippen LogP contribution < -0.4 is 10.1 Å². The second-order valence-electron chi connectivity index (χ2n) is 7.83. The summed E-state index contributed by atoms with van der Waals surface area (Å²) in [7, 11) is 0. The van der Waals surface area contributed by atoms with Crippen molar-refractivity contribution in [3.05, 3.63) is 82.7 Å². The van der Waals surface area contributed by atoms with Gasteiger partial charge in [-0.25, -0.2) is 18.7 Å². The van der Waals surface area contributed by atoms with Gasteiger partial charge in [0.2, 0.25) is 5.88 Å². The average molecular weight is 456 g/mol. The zero-order chi connectivity index (χ0) is 23.7. The van der Waals surface area contributed by atoms with E-state index in [-0.39, 0.29) is 28.6 Å². The summed E-state index contributed by atoms with van der Waals surface area (Å²) in [5.41, 5.74) is 3.05. The molecule has 2 aromatic heterocycles. The van der Waals surface area contributed by atoms with Crippen molar-refractivity contribution in [2.75, 3.05) is 5.32 Å². The smallest absolute Gasteiger partial charge is 0.242 e. The van der Waals surface area contributed by atoms with Crippen LogP contribution in [0.5, 0.6) is 11.6 Å². The van der Waals surface area contributed by atoms with E-state index >= 15 is 4.39 Å². The number of hydrogen-bond donors (Lipinski definition) is 2. The zero-order valence-corrected chi connectivity index (χ0v) is 18.1. The number of allylic oxidation sites excluding steroid dienone is 1. The maximum atomic E-state index is 15.1. The van der Waals surface area contributed by atoms with Gasteiger partial charge in [0.15, 0.2) is 28.8 Å². The largest absolute Gasteiger partial charge is 0.434 e. The summed E-state index contributed by atoms with van der Waals surface area (Å²) in [5, 5.41) is 19.8. The van der Waals surface area contributed by atoms with Crippen molar-refractivity contribution in [1.29, 1.82) is 5.26 Å². The Kier molecular flexibility index (Phi) is 5.47. The first kappa shape index (κ1) is 21.3. The molecule has 1 aliphatic rings. The van der Waals surface area contributed by atoms with Crippen molar-refractivity contribution >= 4 is 17.7 Å². The minimum Gasteiger partial charge on any atom is -0.434 e. The van der Waals surface area contributed by atoms with Crippen LogP contribution in [0, 0.1) is 23.0 Å². The minimum atomic E-state index is -0.702.